The van der Waals surface area contributed by atoms with Crippen molar-refractivity contribution in [3.63, 3.8) is 0 Å². The molecule has 132 valence electrons. The molecule has 1 amide bonds. The van der Waals surface area contributed by atoms with E-state index < -0.39 is 0 Å². The van der Waals surface area contributed by atoms with Gasteiger partial charge >= 0.3 is 0 Å². The topological polar surface area (TPSA) is 46.2 Å². The van der Waals surface area contributed by atoms with Crippen molar-refractivity contribution in [2.45, 2.75) is 32.7 Å². The molecule has 3 nitrogen and oxygen atoms in total. The molecule has 1 unspecified atom stereocenters. The summed E-state index contributed by atoms with van der Waals surface area (Å²) in [5.74, 6) is -0.107. The predicted molar refractivity (Wildman–Crippen MR) is 105 cm³/mol. The maximum absolute atomic E-state index is 12.2. The zero-order valence-corrected chi connectivity index (χ0v) is 15.2. The highest BCUT2D eigenvalue weighted by atomic mass is 16.2. The largest absolute Gasteiger partial charge is 0.350 e. The molecule has 0 aromatic heterocycles. The number of aryl methyl sites for hydroxylation is 1. The molecule has 0 heterocycles. The van der Waals surface area contributed by atoms with Crippen LogP contribution in [0.4, 0.5) is 0 Å². The molecule has 26 heavy (non-hydrogen) atoms. The first-order valence-corrected chi connectivity index (χ1v) is 8.91. The number of carbonyl (C=O) groups is 2. The molecule has 0 radical (unpaired) electrons. The number of carbonyl (C=O) groups excluding carboxylic acids is 2. The van der Waals surface area contributed by atoms with E-state index >= 15 is 0 Å². The smallest absolute Gasteiger partial charge is 0.220 e. The Kier molecular flexibility index (Phi) is 5.47. The fourth-order valence-electron chi connectivity index (χ4n) is 2.98. The van der Waals surface area contributed by atoms with Gasteiger partial charge in [0, 0.05) is 18.4 Å². The molecular formula is C23H23NO2. The molecule has 0 saturated heterocycles. The van der Waals surface area contributed by atoms with Crippen LogP contribution in [0.25, 0.3) is 10.8 Å². The lowest BCUT2D eigenvalue weighted by Crippen LogP contribution is -2.26. The second-order valence-corrected chi connectivity index (χ2v) is 6.68. The Morgan fingerprint density at radius 2 is 1.58 bits per heavy atom. The van der Waals surface area contributed by atoms with Crippen LogP contribution in [0.5, 0.6) is 0 Å². The molecule has 1 N–H and O–H groups in total. The van der Waals surface area contributed by atoms with Crippen molar-refractivity contribution in [2.24, 2.45) is 0 Å². The lowest BCUT2D eigenvalue weighted by Gasteiger charge is -2.15. The monoisotopic (exact) mass is 345 g/mol. The number of rotatable bonds is 6. The summed E-state index contributed by atoms with van der Waals surface area (Å²) in [5, 5.41) is 5.32. The Labute approximate surface area is 154 Å². The van der Waals surface area contributed by atoms with Gasteiger partial charge in [-0.3, -0.25) is 9.59 Å². The quantitative estimate of drug-likeness (QED) is 0.640. The molecule has 3 rings (SSSR count). The fourth-order valence-corrected chi connectivity index (χ4v) is 2.98. The Morgan fingerprint density at radius 3 is 2.31 bits per heavy atom. The summed E-state index contributed by atoms with van der Waals surface area (Å²) in [6, 6.07) is 21.7. The van der Waals surface area contributed by atoms with Crippen LogP contribution in [0.3, 0.4) is 0 Å². The van der Waals surface area contributed by atoms with E-state index in [2.05, 4.69) is 29.6 Å². The Morgan fingerprint density at radius 1 is 0.885 bits per heavy atom. The van der Waals surface area contributed by atoms with Crippen molar-refractivity contribution in [3.05, 3.63) is 83.4 Å². The van der Waals surface area contributed by atoms with E-state index in [4.69, 9.17) is 0 Å². The fraction of sp³-hybridized carbons (Fsp3) is 0.217. The van der Waals surface area contributed by atoms with E-state index in [0.29, 0.717) is 5.56 Å². The summed E-state index contributed by atoms with van der Waals surface area (Å²) in [6.07, 6.45) is 0.421. The van der Waals surface area contributed by atoms with Gasteiger partial charge in [0.2, 0.25) is 5.91 Å². The van der Waals surface area contributed by atoms with Crippen LogP contribution >= 0.6 is 0 Å². The number of hydrogen-bond donors (Lipinski definition) is 1. The number of fused-ring (bicyclic) bond motifs is 1. The summed E-state index contributed by atoms with van der Waals surface area (Å²) in [7, 11) is 0. The molecule has 0 saturated carbocycles. The molecule has 1 atom stereocenters. The highest BCUT2D eigenvalue weighted by Crippen LogP contribution is 2.20. The predicted octanol–water partition coefficient (Wildman–Crippen LogP) is 4.99. The van der Waals surface area contributed by atoms with Gasteiger partial charge in [0.1, 0.15) is 0 Å². The van der Waals surface area contributed by atoms with Crippen LogP contribution in [0.2, 0.25) is 0 Å². The van der Waals surface area contributed by atoms with Crippen LogP contribution in [0, 0.1) is 6.92 Å². The second-order valence-electron chi connectivity index (χ2n) is 6.68. The normalized spacial score (nSPS) is 11.9. The van der Waals surface area contributed by atoms with Gasteiger partial charge in [0.05, 0.1) is 6.04 Å². The molecule has 0 spiro atoms. The van der Waals surface area contributed by atoms with E-state index in [0.717, 1.165) is 16.5 Å². The van der Waals surface area contributed by atoms with Gasteiger partial charge in [-0.15, -0.1) is 0 Å². The van der Waals surface area contributed by atoms with Gasteiger partial charge in [0.15, 0.2) is 5.78 Å². The third kappa shape index (κ3) is 4.37. The molecule has 0 aliphatic carbocycles. The van der Waals surface area contributed by atoms with Crippen LogP contribution in [0.15, 0.2) is 66.7 Å². The van der Waals surface area contributed by atoms with Crippen LogP contribution < -0.4 is 5.32 Å². The first-order valence-electron chi connectivity index (χ1n) is 8.91. The van der Waals surface area contributed by atoms with Crippen molar-refractivity contribution in [1.29, 1.82) is 0 Å². The highest BCUT2D eigenvalue weighted by molar-refractivity contribution is 5.98. The van der Waals surface area contributed by atoms with E-state index in [1.54, 1.807) is 0 Å². The van der Waals surface area contributed by atoms with Crippen molar-refractivity contribution >= 4 is 22.5 Å². The lowest BCUT2D eigenvalue weighted by molar-refractivity contribution is -0.121. The van der Waals surface area contributed by atoms with E-state index in [1.807, 2.05) is 56.3 Å². The number of amides is 1. The SMILES string of the molecule is Cc1ccc(C(=O)CCC(=O)NC(C)c2ccc3ccccc3c2)cc1. The number of benzene rings is 3. The van der Waals surface area contributed by atoms with Crippen LogP contribution in [-0.4, -0.2) is 11.7 Å². The van der Waals surface area contributed by atoms with Crippen molar-refractivity contribution in [2.75, 3.05) is 0 Å². The minimum Gasteiger partial charge on any atom is -0.350 e. The Balaban J connectivity index is 1.56. The van der Waals surface area contributed by atoms with E-state index in [-0.39, 0.29) is 30.6 Å². The summed E-state index contributed by atoms with van der Waals surface area (Å²) in [6.45, 7) is 3.94. The minimum atomic E-state index is -0.105. The zero-order chi connectivity index (χ0) is 18.5. The average Bonchev–Trinajstić information content (AvgIpc) is 2.66. The first kappa shape index (κ1) is 17.9. The van der Waals surface area contributed by atoms with Crippen molar-refractivity contribution in [3.8, 4) is 0 Å². The lowest BCUT2D eigenvalue weighted by atomic mass is 10.0. The molecule has 0 aliphatic rings. The third-order valence-corrected chi connectivity index (χ3v) is 4.60. The van der Waals surface area contributed by atoms with Gasteiger partial charge in [-0.1, -0.05) is 66.2 Å². The second kappa shape index (κ2) is 7.96. The molecule has 3 heteroatoms. The number of hydrogen-bond acceptors (Lipinski definition) is 2. The standard InChI is InChI=1S/C23H23NO2/c1-16-7-9-19(10-8-16)22(25)13-14-23(26)24-17(2)20-12-11-18-5-3-4-6-21(18)15-20/h3-12,15,17H,13-14H2,1-2H3,(H,24,26). The maximum atomic E-state index is 12.2. The molecule has 0 aliphatic heterocycles. The summed E-state index contributed by atoms with van der Waals surface area (Å²) >= 11 is 0. The van der Waals surface area contributed by atoms with E-state index in [1.165, 1.54) is 5.39 Å². The van der Waals surface area contributed by atoms with Crippen LogP contribution in [-0.2, 0) is 4.79 Å². The van der Waals surface area contributed by atoms with Gasteiger partial charge < -0.3 is 5.32 Å². The molecule has 0 fully saturated rings. The Hall–Kier alpha value is -2.94. The number of Topliss-reactive ketones (excluding diaryl/α,β-unsaturated/α-hetero) is 1. The average molecular weight is 345 g/mol. The first-order chi connectivity index (χ1) is 12.5. The van der Waals surface area contributed by atoms with E-state index in [9.17, 15) is 9.59 Å². The number of ketones is 1. The van der Waals surface area contributed by atoms with Crippen LogP contribution in [0.1, 0.15) is 47.3 Å². The molecular weight excluding hydrogens is 322 g/mol. The van der Waals surface area contributed by atoms with Gasteiger partial charge in [-0.25, -0.2) is 0 Å². The molecule has 3 aromatic rings. The van der Waals surface area contributed by atoms with Crippen molar-refractivity contribution in [1.82, 2.24) is 5.32 Å². The maximum Gasteiger partial charge on any atom is 0.220 e. The van der Waals surface area contributed by atoms with Crippen molar-refractivity contribution < 1.29 is 9.59 Å². The van der Waals surface area contributed by atoms with Gasteiger partial charge in [-0.05, 0) is 36.2 Å². The molecule has 3 aromatic carbocycles. The number of nitrogens with one attached hydrogen (secondary N) is 1. The minimum absolute atomic E-state index is 0.00138. The zero-order valence-electron chi connectivity index (χ0n) is 15.2. The highest BCUT2D eigenvalue weighted by Gasteiger charge is 2.13. The summed E-state index contributed by atoms with van der Waals surface area (Å²) in [5.41, 5.74) is 2.83. The summed E-state index contributed by atoms with van der Waals surface area (Å²) in [4.78, 5) is 24.4. The molecule has 0 bridgehead atoms. The van der Waals surface area contributed by atoms with Gasteiger partial charge in [-0.2, -0.15) is 0 Å². The summed E-state index contributed by atoms with van der Waals surface area (Å²) < 4.78 is 0. The van der Waals surface area contributed by atoms with Gasteiger partial charge in [0.25, 0.3) is 0 Å². The third-order valence-electron chi connectivity index (χ3n) is 4.60. The Bertz CT molecular complexity index is 928.